The van der Waals surface area contributed by atoms with E-state index >= 15 is 0 Å². The molecule has 1 amide bonds. The van der Waals surface area contributed by atoms with Crippen LogP contribution in [0, 0.1) is 0 Å². The first kappa shape index (κ1) is 20.0. The summed E-state index contributed by atoms with van der Waals surface area (Å²) < 4.78 is 30.4. The molecule has 2 aromatic carbocycles. The third-order valence-corrected chi connectivity index (χ3v) is 6.84. The molecule has 152 valence electrons. The number of nitrogens with one attached hydrogen (secondary N) is 1. The van der Waals surface area contributed by atoms with Gasteiger partial charge < -0.3 is 10.1 Å². The maximum Gasteiger partial charge on any atom is 0.262 e. The van der Waals surface area contributed by atoms with Gasteiger partial charge in [0.2, 0.25) is 0 Å². The number of carbonyl (C=O) groups excluding carboxylic acids is 1. The number of fused-ring (bicyclic) bond motifs is 1. The Morgan fingerprint density at radius 2 is 1.87 bits per heavy atom. The van der Waals surface area contributed by atoms with Gasteiger partial charge in [-0.2, -0.15) is 0 Å². The summed E-state index contributed by atoms with van der Waals surface area (Å²) in [7, 11) is -3.49. The highest BCUT2D eigenvalue weighted by Crippen LogP contribution is 2.21. The molecule has 4 aromatic rings. The van der Waals surface area contributed by atoms with Crippen molar-refractivity contribution in [3.63, 3.8) is 0 Å². The second-order valence-corrected chi connectivity index (χ2v) is 9.37. The lowest BCUT2D eigenvalue weighted by molar-refractivity contribution is -0.118. The average Bonchev–Trinajstić information content (AvgIpc) is 3.25. The van der Waals surface area contributed by atoms with Gasteiger partial charge >= 0.3 is 0 Å². The molecule has 7 nitrogen and oxygen atoms in total. The maximum atomic E-state index is 12.4. The first-order valence-corrected chi connectivity index (χ1v) is 11.5. The Morgan fingerprint density at radius 3 is 2.63 bits per heavy atom. The van der Waals surface area contributed by atoms with Crippen molar-refractivity contribution < 1.29 is 17.9 Å². The van der Waals surface area contributed by atoms with Crippen molar-refractivity contribution in [3.8, 4) is 5.75 Å². The molecule has 0 bridgehead atoms. The lowest BCUT2D eigenvalue weighted by Gasteiger charge is -2.09. The van der Waals surface area contributed by atoms with E-state index in [2.05, 4.69) is 15.3 Å². The molecular weight excluding hydrogens is 422 g/mol. The first-order chi connectivity index (χ1) is 14.5. The Hall–Kier alpha value is -3.30. The van der Waals surface area contributed by atoms with Crippen LogP contribution in [0.5, 0.6) is 5.75 Å². The Kier molecular flexibility index (Phi) is 5.73. The van der Waals surface area contributed by atoms with Crippen molar-refractivity contribution in [1.29, 1.82) is 0 Å². The highest BCUT2D eigenvalue weighted by molar-refractivity contribution is 7.90. The van der Waals surface area contributed by atoms with Crippen LogP contribution in [0.2, 0.25) is 0 Å². The quantitative estimate of drug-likeness (QED) is 0.472. The number of benzene rings is 2. The number of hydrogen-bond acceptors (Lipinski definition) is 7. The van der Waals surface area contributed by atoms with Crippen LogP contribution in [0.1, 0.15) is 5.01 Å². The number of sulfone groups is 1. The Morgan fingerprint density at radius 1 is 1.03 bits per heavy atom. The molecule has 0 fully saturated rings. The summed E-state index contributed by atoms with van der Waals surface area (Å²) in [6.07, 6.45) is 3.29. The fourth-order valence-electron chi connectivity index (χ4n) is 2.81. The SMILES string of the molecule is O=C(COc1ccc2ncccc2c1)Nc1ccc(S(=O)(=O)Cc2nccs2)cc1. The molecule has 0 radical (unpaired) electrons. The second-order valence-electron chi connectivity index (χ2n) is 6.40. The molecule has 1 N–H and O–H groups in total. The predicted octanol–water partition coefficient (Wildman–Crippen LogP) is 3.68. The van der Waals surface area contributed by atoms with Gasteiger partial charge in [0.15, 0.2) is 16.4 Å². The molecule has 9 heteroatoms. The molecule has 0 aliphatic heterocycles. The van der Waals surface area contributed by atoms with Gasteiger partial charge in [-0.1, -0.05) is 6.07 Å². The molecule has 2 heterocycles. The summed E-state index contributed by atoms with van der Waals surface area (Å²) in [5.74, 6) is 0.0693. The molecule has 0 spiro atoms. The highest BCUT2D eigenvalue weighted by atomic mass is 32.2. The maximum absolute atomic E-state index is 12.4. The monoisotopic (exact) mass is 439 g/mol. The number of anilines is 1. The summed E-state index contributed by atoms with van der Waals surface area (Å²) in [5, 5.41) is 5.89. The van der Waals surface area contributed by atoms with E-state index in [-0.39, 0.29) is 23.2 Å². The average molecular weight is 440 g/mol. The predicted molar refractivity (Wildman–Crippen MR) is 115 cm³/mol. The van der Waals surface area contributed by atoms with Gasteiger partial charge in [0.1, 0.15) is 16.5 Å². The van der Waals surface area contributed by atoms with E-state index in [1.807, 2.05) is 24.3 Å². The zero-order valence-corrected chi connectivity index (χ0v) is 17.3. The van der Waals surface area contributed by atoms with Crippen LogP contribution in [-0.4, -0.2) is 30.9 Å². The first-order valence-electron chi connectivity index (χ1n) is 8.98. The second kappa shape index (κ2) is 8.60. The summed E-state index contributed by atoms with van der Waals surface area (Å²) in [6.45, 7) is -0.171. The van der Waals surface area contributed by atoms with Crippen LogP contribution in [0.25, 0.3) is 10.9 Å². The van der Waals surface area contributed by atoms with E-state index in [1.54, 1.807) is 36.0 Å². The van der Waals surface area contributed by atoms with Crippen LogP contribution in [-0.2, 0) is 20.4 Å². The number of amides is 1. The standard InChI is InChI=1S/C21H17N3O4S2/c25-20(13-28-17-5-8-19-15(12-17)2-1-9-22-19)24-16-3-6-18(7-4-16)30(26,27)14-21-23-10-11-29-21/h1-12H,13-14H2,(H,24,25). The molecule has 4 rings (SSSR count). The van der Waals surface area contributed by atoms with E-state index in [9.17, 15) is 13.2 Å². The number of hydrogen-bond donors (Lipinski definition) is 1. The van der Waals surface area contributed by atoms with Gasteiger partial charge in [-0.3, -0.25) is 9.78 Å². The molecule has 0 atom stereocenters. The van der Waals surface area contributed by atoms with Gasteiger partial charge in [0.05, 0.1) is 10.4 Å². The van der Waals surface area contributed by atoms with Crippen LogP contribution in [0.15, 0.2) is 77.3 Å². The zero-order chi connectivity index (χ0) is 21.0. The van der Waals surface area contributed by atoms with Crippen LogP contribution >= 0.6 is 11.3 Å². The fraction of sp³-hybridized carbons (Fsp3) is 0.0952. The van der Waals surface area contributed by atoms with Crippen molar-refractivity contribution >= 4 is 43.7 Å². The Labute approximate surface area is 177 Å². The molecule has 0 saturated heterocycles. The summed E-state index contributed by atoms with van der Waals surface area (Å²) in [6, 6.07) is 15.2. The summed E-state index contributed by atoms with van der Waals surface area (Å²) >= 11 is 1.30. The molecular formula is C21H17N3O4S2. The highest BCUT2D eigenvalue weighted by Gasteiger charge is 2.17. The summed E-state index contributed by atoms with van der Waals surface area (Å²) in [4.78, 5) is 20.6. The van der Waals surface area contributed by atoms with E-state index in [0.717, 1.165) is 10.9 Å². The van der Waals surface area contributed by atoms with E-state index in [1.165, 1.54) is 23.5 Å². The third-order valence-electron chi connectivity index (χ3n) is 4.24. The molecule has 2 aromatic heterocycles. The minimum Gasteiger partial charge on any atom is -0.484 e. The van der Waals surface area contributed by atoms with Crippen LogP contribution in [0.4, 0.5) is 5.69 Å². The molecule has 30 heavy (non-hydrogen) atoms. The number of rotatable bonds is 7. The molecule has 0 saturated carbocycles. The van der Waals surface area contributed by atoms with Gasteiger partial charge in [-0.15, -0.1) is 11.3 Å². The van der Waals surface area contributed by atoms with Crippen molar-refractivity contribution in [2.24, 2.45) is 0 Å². The van der Waals surface area contributed by atoms with Crippen molar-refractivity contribution in [3.05, 3.63) is 77.4 Å². The Bertz CT molecular complexity index is 1270. The van der Waals surface area contributed by atoms with Crippen LogP contribution < -0.4 is 10.1 Å². The number of ether oxygens (including phenoxy) is 1. The van der Waals surface area contributed by atoms with E-state index < -0.39 is 9.84 Å². The van der Waals surface area contributed by atoms with E-state index in [0.29, 0.717) is 16.4 Å². The molecule has 0 aliphatic carbocycles. The molecule has 0 unspecified atom stereocenters. The Balaban J connectivity index is 1.35. The number of thiazole rings is 1. The normalized spacial score (nSPS) is 11.3. The van der Waals surface area contributed by atoms with E-state index in [4.69, 9.17) is 4.74 Å². The third kappa shape index (κ3) is 4.81. The lowest BCUT2D eigenvalue weighted by atomic mass is 10.2. The fourth-order valence-corrected chi connectivity index (χ4v) is 5.06. The lowest BCUT2D eigenvalue weighted by Crippen LogP contribution is -2.20. The number of carbonyl (C=O) groups is 1. The van der Waals surface area contributed by atoms with Gasteiger partial charge in [0.25, 0.3) is 5.91 Å². The largest absolute Gasteiger partial charge is 0.484 e. The van der Waals surface area contributed by atoms with Gasteiger partial charge in [-0.25, -0.2) is 13.4 Å². The van der Waals surface area contributed by atoms with Crippen molar-refractivity contribution in [2.75, 3.05) is 11.9 Å². The van der Waals surface area contributed by atoms with Gasteiger partial charge in [0, 0.05) is 28.8 Å². The number of nitrogens with zero attached hydrogens (tertiary/aromatic N) is 2. The number of aromatic nitrogens is 2. The molecule has 0 aliphatic rings. The van der Waals surface area contributed by atoms with Crippen LogP contribution in [0.3, 0.4) is 0 Å². The number of pyridine rings is 1. The topological polar surface area (TPSA) is 98.2 Å². The smallest absolute Gasteiger partial charge is 0.262 e. The minimum atomic E-state index is -3.49. The zero-order valence-electron chi connectivity index (χ0n) is 15.7. The van der Waals surface area contributed by atoms with Crippen molar-refractivity contribution in [1.82, 2.24) is 9.97 Å². The van der Waals surface area contributed by atoms with Crippen molar-refractivity contribution in [2.45, 2.75) is 10.6 Å². The summed E-state index contributed by atoms with van der Waals surface area (Å²) in [5.41, 5.74) is 1.33. The minimum absolute atomic E-state index is 0.147. The van der Waals surface area contributed by atoms with Gasteiger partial charge in [-0.05, 0) is 48.5 Å².